The van der Waals surface area contributed by atoms with E-state index in [-0.39, 0.29) is 12.3 Å². The van der Waals surface area contributed by atoms with Crippen LogP contribution in [0.15, 0.2) is 64.6 Å². The second-order valence-electron chi connectivity index (χ2n) is 6.16. The fourth-order valence-electron chi connectivity index (χ4n) is 2.78. The van der Waals surface area contributed by atoms with Gasteiger partial charge >= 0.3 is 0 Å². The second kappa shape index (κ2) is 7.59. The van der Waals surface area contributed by atoms with Crippen molar-refractivity contribution in [2.75, 3.05) is 5.32 Å². The Bertz CT molecular complexity index is 1040. The molecule has 0 aliphatic rings. The van der Waals surface area contributed by atoms with Gasteiger partial charge in [-0.1, -0.05) is 30.3 Å². The lowest BCUT2D eigenvalue weighted by Gasteiger charge is -2.08. The third-order valence-electron chi connectivity index (χ3n) is 3.97. The average Bonchev–Trinajstić information content (AvgIpc) is 3.38. The Hall–Kier alpha value is -3.19. The molecule has 1 N–H and O–H groups in total. The van der Waals surface area contributed by atoms with Crippen LogP contribution in [-0.2, 0) is 17.8 Å². The fraction of sp³-hybridized carbons (Fsp3) is 0.150. The van der Waals surface area contributed by atoms with Gasteiger partial charge in [0.2, 0.25) is 5.91 Å². The van der Waals surface area contributed by atoms with Gasteiger partial charge in [0.1, 0.15) is 5.82 Å². The van der Waals surface area contributed by atoms with E-state index >= 15 is 0 Å². The summed E-state index contributed by atoms with van der Waals surface area (Å²) in [7, 11) is 0. The van der Waals surface area contributed by atoms with Crippen molar-refractivity contribution in [3.8, 4) is 10.8 Å². The van der Waals surface area contributed by atoms with Crippen molar-refractivity contribution in [1.82, 2.24) is 14.8 Å². The first kappa shape index (κ1) is 17.2. The Morgan fingerprint density at radius 1 is 1.22 bits per heavy atom. The predicted octanol–water partition coefficient (Wildman–Crippen LogP) is 4.14. The number of aryl methyl sites for hydroxylation is 1. The number of furan rings is 1. The number of hydrogen-bond donors (Lipinski definition) is 1. The first-order valence-corrected chi connectivity index (χ1v) is 9.42. The Balaban J connectivity index is 1.44. The average molecular weight is 378 g/mol. The van der Waals surface area contributed by atoms with Gasteiger partial charge in [-0.15, -0.1) is 11.3 Å². The van der Waals surface area contributed by atoms with Gasteiger partial charge in [0.15, 0.2) is 10.8 Å². The Morgan fingerprint density at radius 3 is 2.85 bits per heavy atom. The third-order valence-corrected chi connectivity index (χ3v) is 4.88. The Labute approximate surface area is 160 Å². The first-order chi connectivity index (χ1) is 13.2. The molecule has 7 heteroatoms. The minimum atomic E-state index is -0.125. The normalized spacial score (nSPS) is 10.9. The maximum absolute atomic E-state index is 12.5. The van der Waals surface area contributed by atoms with Crippen molar-refractivity contribution in [2.45, 2.75) is 19.9 Å². The summed E-state index contributed by atoms with van der Waals surface area (Å²) in [5.41, 5.74) is 2.70. The summed E-state index contributed by atoms with van der Waals surface area (Å²) in [5.74, 6) is 1.27. The second-order valence-corrected chi connectivity index (χ2v) is 7.02. The van der Waals surface area contributed by atoms with E-state index in [4.69, 9.17) is 4.42 Å². The fourth-order valence-corrected chi connectivity index (χ4v) is 3.56. The van der Waals surface area contributed by atoms with Crippen LogP contribution in [-0.4, -0.2) is 20.7 Å². The van der Waals surface area contributed by atoms with E-state index in [1.165, 1.54) is 11.3 Å². The van der Waals surface area contributed by atoms with Crippen molar-refractivity contribution in [2.24, 2.45) is 0 Å². The van der Waals surface area contributed by atoms with Crippen molar-refractivity contribution < 1.29 is 9.21 Å². The van der Waals surface area contributed by atoms with Gasteiger partial charge in [-0.25, -0.2) is 9.67 Å². The smallest absolute Gasteiger partial charge is 0.231 e. The van der Waals surface area contributed by atoms with Crippen molar-refractivity contribution in [3.63, 3.8) is 0 Å². The van der Waals surface area contributed by atoms with Crippen LogP contribution >= 0.6 is 11.3 Å². The van der Waals surface area contributed by atoms with E-state index in [9.17, 15) is 4.79 Å². The van der Waals surface area contributed by atoms with Crippen LogP contribution in [0.2, 0.25) is 0 Å². The molecule has 0 radical (unpaired) electrons. The number of thiazole rings is 1. The largest absolute Gasteiger partial charge is 0.462 e. The molecular formula is C20H18N4O2S. The van der Waals surface area contributed by atoms with Crippen molar-refractivity contribution in [3.05, 3.63) is 77.1 Å². The van der Waals surface area contributed by atoms with E-state index in [1.807, 2.05) is 60.8 Å². The van der Waals surface area contributed by atoms with Gasteiger partial charge in [0, 0.05) is 11.4 Å². The lowest BCUT2D eigenvalue weighted by molar-refractivity contribution is -0.115. The maximum atomic E-state index is 12.5. The highest BCUT2D eigenvalue weighted by atomic mass is 32.1. The number of nitrogens with one attached hydrogen (secondary N) is 1. The lowest BCUT2D eigenvalue weighted by Crippen LogP contribution is -2.18. The van der Waals surface area contributed by atoms with Crippen molar-refractivity contribution >= 4 is 23.1 Å². The minimum Gasteiger partial charge on any atom is -0.462 e. The zero-order valence-corrected chi connectivity index (χ0v) is 15.6. The number of hydrogen-bond acceptors (Lipinski definition) is 5. The summed E-state index contributed by atoms with van der Waals surface area (Å²) in [5, 5.41) is 10.1. The molecular weight excluding hydrogens is 360 g/mol. The number of rotatable bonds is 6. The molecule has 0 aliphatic heterocycles. The highest BCUT2D eigenvalue weighted by molar-refractivity contribution is 7.13. The number of carbonyl (C=O) groups excluding carboxylic acids is 1. The van der Waals surface area contributed by atoms with E-state index in [1.54, 1.807) is 10.9 Å². The molecule has 0 saturated heterocycles. The van der Waals surface area contributed by atoms with Crippen LogP contribution < -0.4 is 5.32 Å². The Morgan fingerprint density at radius 2 is 2.07 bits per heavy atom. The van der Waals surface area contributed by atoms with Crippen LogP contribution in [0.4, 0.5) is 5.82 Å². The van der Waals surface area contributed by atoms with Gasteiger partial charge < -0.3 is 9.73 Å². The molecule has 0 bridgehead atoms. The number of aromatic nitrogens is 3. The number of nitrogens with zero attached hydrogens (tertiary/aromatic N) is 3. The summed E-state index contributed by atoms with van der Waals surface area (Å²) < 4.78 is 7.15. The van der Waals surface area contributed by atoms with E-state index in [0.717, 1.165) is 22.0 Å². The zero-order chi connectivity index (χ0) is 18.6. The van der Waals surface area contributed by atoms with Gasteiger partial charge in [-0.3, -0.25) is 4.79 Å². The number of anilines is 1. The molecule has 0 aliphatic carbocycles. The van der Waals surface area contributed by atoms with Gasteiger partial charge in [-0.2, -0.15) is 5.10 Å². The van der Waals surface area contributed by atoms with Crippen LogP contribution in [0.1, 0.15) is 17.0 Å². The Kier molecular flexibility index (Phi) is 4.84. The molecule has 0 fully saturated rings. The molecule has 4 aromatic rings. The molecule has 27 heavy (non-hydrogen) atoms. The molecule has 3 heterocycles. The molecule has 0 atom stereocenters. The number of carbonyl (C=O) groups is 1. The molecule has 3 aromatic heterocycles. The summed E-state index contributed by atoms with van der Waals surface area (Å²) in [4.78, 5) is 17.0. The number of amides is 1. The van der Waals surface area contributed by atoms with Crippen LogP contribution in [0.5, 0.6) is 0 Å². The molecule has 0 unspecified atom stereocenters. The molecule has 1 aromatic carbocycles. The quantitative estimate of drug-likeness (QED) is 0.547. The molecule has 4 rings (SSSR count). The summed E-state index contributed by atoms with van der Waals surface area (Å²) in [6, 6.07) is 15.6. The summed E-state index contributed by atoms with van der Waals surface area (Å²) >= 11 is 1.46. The van der Waals surface area contributed by atoms with Crippen LogP contribution in [0.25, 0.3) is 10.8 Å². The topological polar surface area (TPSA) is 73.0 Å². The van der Waals surface area contributed by atoms with E-state index < -0.39 is 0 Å². The van der Waals surface area contributed by atoms with Crippen LogP contribution in [0.3, 0.4) is 0 Å². The van der Waals surface area contributed by atoms with Gasteiger partial charge in [0.05, 0.1) is 30.6 Å². The maximum Gasteiger partial charge on any atom is 0.231 e. The van der Waals surface area contributed by atoms with Gasteiger partial charge in [0.25, 0.3) is 0 Å². The monoisotopic (exact) mass is 378 g/mol. The molecule has 0 saturated carbocycles. The lowest BCUT2D eigenvalue weighted by atomic mass is 10.2. The zero-order valence-electron chi connectivity index (χ0n) is 14.8. The summed E-state index contributed by atoms with van der Waals surface area (Å²) in [6.07, 6.45) is 1.81. The molecule has 0 spiro atoms. The first-order valence-electron chi connectivity index (χ1n) is 8.54. The summed E-state index contributed by atoms with van der Waals surface area (Å²) in [6.45, 7) is 2.51. The molecule has 6 nitrogen and oxygen atoms in total. The predicted molar refractivity (Wildman–Crippen MR) is 105 cm³/mol. The minimum absolute atomic E-state index is 0.125. The van der Waals surface area contributed by atoms with Crippen LogP contribution in [0, 0.1) is 6.92 Å². The highest BCUT2D eigenvalue weighted by Gasteiger charge is 2.13. The van der Waals surface area contributed by atoms with Gasteiger partial charge in [-0.05, 0) is 24.6 Å². The van der Waals surface area contributed by atoms with Crippen molar-refractivity contribution in [1.29, 1.82) is 0 Å². The standard InChI is InChI=1S/C20H18N4O2S/c1-14-10-18(24(23-14)12-15-6-3-2-4-7-15)22-19(25)11-16-13-27-20(21-16)17-8-5-9-26-17/h2-10,13H,11-12H2,1H3,(H,22,25). The molecule has 136 valence electrons. The van der Waals surface area contributed by atoms with E-state index in [2.05, 4.69) is 15.4 Å². The SMILES string of the molecule is Cc1cc(NC(=O)Cc2csc(-c3ccco3)n2)n(Cc2ccccc2)n1. The highest BCUT2D eigenvalue weighted by Crippen LogP contribution is 2.24. The number of benzene rings is 1. The molecule has 1 amide bonds. The van der Waals surface area contributed by atoms with E-state index in [0.29, 0.717) is 18.1 Å². The third kappa shape index (κ3) is 4.15.